The Kier molecular flexibility index (Phi) is 11.9. The van der Waals surface area contributed by atoms with E-state index in [9.17, 15) is 43.9 Å². The maximum atomic E-state index is 14.9. The molecule has 1 fully saturated rings. The predicted octanol–water partition coefficient (Wildman–Crippen LogP) is 6.55. The van der Waals surface area contributed by atoms with Gasteiger partial charge < -0.3 is 38.6 Å². The maximum absolute atomic E-state index is 14.9. The number of alkyl halides is 5. The third kappa shape index (κ3) is 8.95. The Morgan fingerprint density at radius 2 is 1.55 bits per heavy atom. The van der Waals surface area contributed by atoms with Crippen LogP contribution in [-0.2, 0) is 32.6 Å². The van der Waals surface area contributed by atoms with Gasteiger partial charge in [0.25, 0.3) is 10.0 Å². The van der Waals surface area contributed by atoms with Gasteiger partial charge in [-0.1, -0.05) is 12.1 Å². The number of rotatable bonds is 16. The van der Waals surface area contributed by atoms with Crippen LogP contribution in [0.4, 0.5) is 42.1 Å². The van der Waals surface area contributed by atoms with Crippen molar-refractivity contribution in [2.45, 2.75) is 49.0 Å². The standard InChI is InChI=1S/C37H37F7N4O9S/c1-52-24-8-6-21(29(15-24)54-3)18-47(19-22-7-9-25(53-2)16-30(22)55-4)58(50,51)31-14-23(12-13-45-31)46-34(49)28-17-36(56-5,37(42,43)44)20-48(28)27-11-10-26(38)32(39)33(27)57-35(40)41/h6-16,28,35H,17-20H2,1-5H3,(H,45,46,49)/i5D3. The highest BCUT2D eigenvalue weighted by molar-refractivity contribution is 7.89. The zero-order valence-electron chi connectivity index (χ0n) is 33.9. The normalized spacial score (nSPS) is 18.1. The fourth-order valence-electron chi connectivity index (χ4n) is 6.20. The molecule has 13 nitrogen and oxygen atoms in total. The summed E-state index contributed by atoms with van der Waals surface area (Å²) in [5.41, 5.74) is -4.35. The lowest BCUT2D eigenvalue weighted by molar-refractivity contribution is -0.261. The molecule has 1 aliphatic heterocycles. The molecule has 4 aromatic rings. The van der Waals surface area contributed by atoms with Gasteiger partial charge in [-0.25, -0.2) is 17.8 Å². The molecule has 2 unspecified atom stereocenters. The molecule has 1 aliphatic rings. The molecular weight excluding hydrogens is 809 g/mol. The molecule has 0 radical (unpaired) electrons. The number of aromatic nitrogens is 1. The lowest BCUT2D eigenvalue weighted by Crippen LogP contribution is -2.49. The van der Waals surface area contributed by atoms with Crippen molar-refractivity contribution in [2.75, 3.05) is 52.2 Å². The highest BCUT2D eigenvalue weighted by Gasteiger charge is 2.63. The van der Waals surface area contributed by atoms with Gasteiger partial charge in [0.1, 0.15) is 29.0 Å². The van der Waals surface area contributed by atoms with Crippen molar-refractivity contribution < 1.29 is 76.5 Å². The predicted molar refractivity (Wildman–Crippen MR) is 193 cm³/mol. The number of methoxy groups -OCH3 is 5. The molecular formula is C37H37F7N4O9S. The molecule has 1 aromatic heterocycles. The van der Waals surface area contributed by atoms with Crippen LogP contribution in [0.15, 0.2) is 71.9 Å². The van der Waals surface area contributed by atoms with E-state index in [0.29, 0.717) is 39.7 Å². The van der Waals surface area contributed by atoms with Crippen molar-refractivity contribution in [3.63, 3.8) is 0 Å². The number of anilines is 2. The number of hydrogen-bond donors (Lipinski definition) is 1. The molecule has 3 aromatic carbocycles. The number of ether oxygens (including phenoxy) is 6. The number of carbonyl (C=O) groups is 1. The van der Waals surface area contributed by atoms with Crippen molar-refractivity contribution in [1.82, 2.24) is 9.29 Å². The quantitative estimate of drug-likeness (QED) is 0.123. The number of halogens is 7. The minimum Gasteiger partial charge on any atom is -0.497 e. The third-order valence-corrected chi connectivity index (χ3v) is 10.9. The van der Waals surface area contributed by atoms with Crippen LogP contribution in [0.25, 0.3) is 0 Å². The molecule has 1 amide bonds. The van der Waals surface area contributed by atoms with Crippen molar-refractivity contribution >= 4 is 27.3 Å². The summed E-state index contributed by atoms with van der Waals surface area (Å²) in [5, 5.41) is 1.56. The highest BCUT2D eigenvalue weighted by Crippen LogP contribution is 2.47. The highest BCUT2D eigenvalue weighted by atomic mass is 32.2. The van der Waals surface area contributed by atoms with E-state index in [1.165, 1.54) is 40.6 Å². The lowest BCUT2D eigenvalue weighted by Gasteiger charge is -2.31. The van der Waals surface area contributed by atoms with Gasteiger partial charge in [-0.15, -0.1) is 0 Å². The van der Waals surface area contributed by atoms with E-state index >= 15 is 0 Å². The zero-order chi connectivity index (χ0) is 45.1. The van der Waals surface area contributed by atoms with Gasteiger partial charge in [-0.2, -0.15) is 30.6 Å². The average Bonchev–Trinajstić information content (AvgIpc) is 3.59. The lowest BCUT2D eigenvalue weighted by atomic mass is 9.99. The molecule has 1 N–H and O–H groups in total. The van der Waals surface area contributed by atoms with Crippen molar-refractivity contribution in [3.05, 3.63) is 89.6 Å². The Balaban J connectivity index is 1.56. The van der Waals surface area contributed by atoms with Crippen molar-refractivity contribution in [3.8, 4) is 28.7 Å². The van der Waals surface area contributed by atoms with Crippen LogP contribution in [0.1, 0.15) is 21.7 Å². The molecule has 0 bridgehead atoms. The molecule has 1 saturated heterocycles. The number of nitrogens with zero attached hydrogens (tertiary/aromatic N) is 3. The van der Waals surface area contributed by atoms with Crippen LogP contribution in [-0.4, -0.2) is 90.1 Å². The minimum atomic E-state index is -5.56. The summed E-state index contributed by atoms with van der Waals surface area (Å²) >= 11 is 0. The van der Waals surface area contributed by atoms with Crippen LogP contribution in [0.2, 0.25) is 0 Å². The minimum absolute atomic E-state index is 0.247. The van der Waals surface area contributed by atoms with E-state index in [2.05, 4.69) is 19.8 Å². The average molecular weight is 850 g/mol. The number of hydrogen-bond acceptors (Lipinski definition) is 11. The molecule has 0 aliphatic carbocycles. The Morgan fingerprint density at radius 1 is 0.948 bits per heavy atom. The second-order valence-electron chi connectivity index (χ2n) is 12.5. The van der Waals surface area contributed by atoms with E-state index in [1.54, 1.807) is 24.3 Å². The summed E-state index contributed by atoms with van der Waals surface area (Å²) in [7, 11) is -2.89. The summed E-state index contributed by atoms with van der Waals surface area (Å²) in [6.07, 6.45) is -6.13. The van der Waals surface area contributed by atoms with E-state index < -0.39 is 88.5 Å². The van der Waals surface area contributed by atoms with Crippen molar-refractivity contribution in [2.24, 2.45) is 0 Å². The molecule has 58 heavy (non-hydrogen) atoms. The monoisotopic (exact) mass is 849 g/mol. The summed E-state index contributed by atoms with van der Waals surface area (Å²) in [6, 6.07) is 9.94. The van der Waals surface area contributed by atoms with Gasteiger partial charge >= 0.3 is 12.8 Å². The fourth-order valence-corrected chi connectivity index (χ4v) is 7.56. The largest absolute Gasteiger partial charge is 0.497 e. The summed E-state index contributed by atoms with van der Waals surface area (Å²) in [6.45, 7) is -6.13. The maximum Gasteiger partial charge on any atom is 0.419 e. The molecule has 2 atom stereocenters. The van der Waals surface area contributed by atoms with Gasteiger partial charge in [-0.05, 0) is 30.3 Å². The van der Waals surface area contributed by atoms with Crippen LogP contribution in [0.5, 0.6) is 28.7 Å². The van der Waals surface area contributed by atoms with E-state index in [4.69, 9.17) is 23.1 Å². The van der Waals surface area contributed by atoms with Gasteiger partial charge in [0.15, 0.2) is 22.2 Å². The zero-order valence-corrected chi connectivity index (χ0v) is 31.7. The number of nitrogens with one attached hydrogen (secondary N) is 1. The molecule has 314 valence electrons. The number of sulfonamides is 1. The van der Waals surface area contributed by atoms with Crippen molar-refractivity contribution in [1.29, 1.82) is 0 Å². The van der Waals surface area contributed by atoms with Crippen LogP contribution < -0.4 is 33.9 Å². The summed E-state index contributed by atoms with van der Waals surface area (Å²) in [5.74, 6) is -5.49. The Hall–Kier alpha value is -5.54. The Bertz CT molecular complexity index is 2290. The van der Waals surface area contributed by atoms with Gasteiger partial charge in [0, 0.05) is 67.8 Å². The second-order valence-corrected chi connectivity index (χ2v) is 14.4. The van der Waals surface area contributed by atoms with Crippen LogP contribution in [0, 0.1) is 11.6 Å². The summed E-state index contributed by atoms with van der Waals surface area (Å²) in [4.78, 5) is 18.3. The first-order chi connectivity index (χ1) is 28.6. The van der Waals surface area contributed by atoms with Crippen LogP contribution in [0.3, 0.4) is 0 Å². The van der Waals surface area contributed by atoms with Gasteiger partial charge in [-0.3, -0.25) is 4.79 Å². The third-order valence-electron chi connectivity index (χ3n) is 9.17. The molecule has 5 rings (SSSR count). The first-order valence-corrected chi connectivity index (χ1v) is 18.2. The molecule has 0 saturated carbocycles. The first-order valence-electron chi connectivity index (χ1n) is 18.2. The van der Waals surface area contributed by atoms with E-state index in [1.807, 2.05) is 0 Å². The summed E-state index contributed by atoms with van der Waals surface area (Å²) < 4.78 is 183. The fraction of sp³-hybridized carbons (Fsp3) is 0.351. The Morgan fingerprint density at radius 3 is 2.07 bits per heavy atom. The molecule has 0 spiro atoms. The van der Waals surface area contributed by atoms with Crippen LogP contribution >= 0.6 is 0 Å². The molecule has 21 heteroatoms. The number of carbonyl (C=O) groups excluding carboxylic acids is 1. The number of amides is 1. The number of pyridine rings is 1. The van der Waals surface area contributed by atoms with Gasteiger partial charge in [0.05, 0.1) is 44.8 Å². The topological polar surface area (TPSA) is 138 Å². The SMILES string of the molecule is [2H]C([2H])([2H])OC1(C(F)(F)F)CC(C(=O)Nc2ccnc(S(=O)(=O)N(Cc3ccc(OC)cc3OC)Cc3ccc(OC)cc3OC)c2)N(c2ccc(F)c(F)c2OC(F)F)C1. The smallest absolute Gasteiger partial charge is 0.419 e. The number of benzene rings is 3. The van der Waals surface area contributed by atoms with E-state index in [-0.39, 0.29) is 30.3 Å². The van der Waals surface area contributed by atoms with E-state index in [0.717, 1.165) is 22.6 Å². The van der Waals surface area contributed by atoms with Gasteiger partial charge in [0.2, 0.25) is 11.7 Å². The molecule has 2 heterocycles. The first kappa shape index (κ1) is 39.3. The second kappa shape index (κ2) is 17.5. The Labute approximate surface area is 332 Å².